The van der Waals surface area contributed by atoms with Gasteiger partial charge < -0.3 is 11.1 Å². The molecule has 0 saturated heterocycles. The number of pyridine rings is 1. The predicted molar refractivity (Wildman–Crippen MR) is 72.0 cm³/mol. The Kier molecular flexibility index (Phi) is 2.84. The van der Waals surface area contributed by atoms with Gasteiger partial charge in [-0.15, -0.1) is 0 Å². The second kappa shape index (κ2) is 3.97. The van der Waals surface area contributed by atoms with Crippen LogP contribution in [0.5, 0.6) is 0 Å². The zero-order valence-corrected chi connectivity index (χ0v) is 11.4. The number of nitrogens with one attached hydrogen (secondary N) is 1. The monoisotopic (exact) mass is 247 g/mol. The first-order valence-corrected chi connectivity index (χ1v) is 6.26. The van der Waals surface area contributed by atoms with Crippen molar-refractivity contribution in [3.63, 3.8) is 0 Å². The third-order valence-electron chi connectivity index (χ3n) is 4.83. The fourth-order valence-electron chi connectivity index (χ4n) is 2.68. The highest BCUT2D eigenvalue weighted by Gasteiger charge is 2.64. The minimum atomic E-state index is -0.0824. The van der Waals surface area contributed by atoms with Crippen LogP contribution in [0, 0.1) is 16.7 Å². The molecule has 4 nitrogen and oxygen atoms in total. The number of carbonyl (C=O) groups excluding carboxylic acids is 1. The largest absolute Gasteiger partial charge is 0.384 e. The third kappa shape index (κ3) is 1.96. The molecule has 1 aromatic heterocycles. The number of rotatable bonds is 3. The van der Waals surface area contributed by atoms with Crippen LogP contribution in [0.4, 0.5) is 5.82 Å². The van der Waals surface area contributed by atoms with Crippen molar-refractivity contribution in [3.8, 4) is 0 Å². The molecule has 1 aliphatic carbocycles. The normalized spacial score (nSPS) is 20.4. The van der Waals surface area contributed by atoms with Gasteiger partial charge in [0.25, 0.3) is 5.91 Å². The first kappa shape index (κ1) is 12.9. The lowest BCUT2D eigenvalue weighted by Crippen LogP contribution is -2.27. The summed E-state index contributed by atoms with van der Waals surface area (Å²) in [5.74, 6) is 0.868. The molecule has 98 valence electrons. The highest BCUT2D eigenvalue weighted by Crippen LogP contribution is 2.67. The van der Waals surface area contributed by atoms with E-state index in [1.165, 1.54) is 6.20 Å². The molecule has 4 heteroatoms. The number of nitrogens with zero attached hydrogens (tertiary/aromatic N) is 1. The molecule has 0 atom stereocenters. The van der Waals surface area contributed by atoms with E-state index in [0.717, 1.165) is 0 Å². The molecule has 0 aliphatic heterocycles. The summed E-state index contributed by atoms with van der Waals surface area (Å²) in [6, 6.07) is 3.33. The van der Waals surface area contributed by atoms with Gasteiger partial charge in [-0.05, 0) is 28.9 Å². The first-order valence-electron chi connectivity index (χ1n) is 6.26. The predicted octanol–water partition coefficient (Wildman–Crippen LogP) is 2.08. The molecule has 1 heterocycles. The molecule has 18 heavy (non-hydrogen) atoms. The van der Waals surface area contributed by atoms with E-state index in [0.29, 0.717) is 34.7 Å². The van der Waals surface area contributed by atoms with Crippen molar-refractivity contribution in [1.82, 2.24) is 10.3 Å². The number of anilines is 1. The smallest absolute Gasteiger partial charge is 0.252 e. The van der Waals surface area contributed by atoms with Crippen LogP contribution in [0.3, 0.4) is 0 Å². The lowest BCUT2D eigenvalue weighted by atomic mass is 10.0. The summed E-state index contributed by atoms with van der Waals surface area (Å²) in [7, 11) is 0. The van der Waals surface area contributed by atoms with Crippen molar-refractivity contribution in [1.29, 1.82) is 0 Å². The maximum atomic E-state index is 11.9. The van der Waals surface area contributed by atoms with Crippen molar-refractivity contribution in [2.45, 2.75) is 27.7 Å². The Bertz CT molecular complexity index is 448. The summed E-state index contributed by atoms with van der Waals surface area (Å²) < 4.78 is 0. The Balaban J connectivity index is 1.92. The van der Waals surface area contributed by atoms with Crippen LogP contribution < -0.4 is 11.1 Å². The van der Waals surface area contributed by atoms with Gasteiger partial charge in [-0.1, -0.05) is 27.7 Å². The molecule has 0 unspecified atom stereocenters. The fraction of sp³-hybridized carbons (Fsp3) is 0.571. The Morgan fingerprint density at radius 3 is 2.39 bits per heavy atom. The Hall–Kier alpha value is -1.58. The molecule has 3 N–H and O–H groups in total. The highest BCUT2D eigenvalue weighted by atomic mass is 16.1. The van der Waals surface area contributed by atoms with Crippen molar-refractivity contribution >= 4 is 11.7 Å². The van der Waals surface area contributed by atoms with Crippen LogP contribution >= 0.6 is 0 Å². The lowest BCUT2D eigenvalue weighted by molar-refractivity contribution is 0.0949. The summed E-state index contributed by atoms with van der Waals surface area (Å²) >= 11 is 0. The van der Waals surface area contributed by atoms with Crippen LogP contribution in [0.15, 0.2) is 18.3 Å². The summed E-state index contributed by atoms with van der Waals surface area (Å²) in [5, 5.41) is 2.97. The fourth-order valence-corrected chi connectivity index (χ4v) is 2.68. The average Bonchev–Trinajstić information content (AvgIpc) is 2.67. The average molecular weight is 247 g/mol. The Labute approximate surface area is 108 Å². The topological polar surface area (TPSA) is 68.0 Å². The molecule has 1 saturated carbocycles. The van der Waals surface area contributed by atoms with Crippen LogP contribution in [0.25, 0.3) is 0 Å². The number of nitrogen functional groups attached to an aromatic ring is 1. The van der Waals surface area contributed by atoms with E-state index in [1.807, 2.05) is 0 Å². The molecule has 1 fully saturated rings. The number of aromatic nitrogens is 1. The lowest BCUT2D eigenvalue weighted by Gasteiger charge is -2.06. The van der Waals surface area contributed by atoms with Crippen LogP contribution in [0.2, 0.25) is 0 Å². The summed E-state index contributed by atoms with van der Waals surface area (Å²) in [6.45, 7) is 9.69. The number of hydrogen-bond donors (Lipinski definition) is 2. The summed E-state index contributed by atoms with van der Waals surface area (Å²) in [6.07, 6.45) is 1.51. The molecule has 0 spiro atoms. The minimum absolute atomic E-state index is 0.0824. The zero-order chi connectivity index (χ0) is 13.6. The van der Waals surface area contributed by atoms with Gasteiger partial charge in [-0.2, -0.15) is 0 Å². The molecule has 1 aromatic rings. The van der Waals surface area contributed by atoms with Gasteiger partial charge in [-0.25, -0.2) is 4.98 Å². The van der Waals surface area contributed by atoms with E-state index < -0.39 is 0 Å². The third-order valence-corrected chi connectivity index (χ3v) is 4.83. The van der Waals surface area contributed by atoms with E-state index in [9.17, 15) is 4.79 Å². The summed E-state index contributed by atoms with van der Waals surface area (Å²) in [4.78, 5) is 15.8. The second-order valence-corrected chi connectivity index (χ2v) is 6.18. The molecule has 0 bridgehead atoms. The molecule has 1 aliphatic rings. The van der Waals surface area contributed by atoms with Gasteiger partial charge in [0, 0.05) is 12.7 Å². The van der Waals surface area contributed by atoms with Crippen LogP contribution in [-0.2, 0) is 0 Å². The molecule has 0 radical (unpaired) electrons. The molecular weight excluding hydrogens is 226 g/mol. The Morgan fingerprint density at radius 1 is 1.33 bits per heavy atom. The van der Waals surface area contributed by atoms with Crippen LogP contribution in [-0.4, -0.2) is 17.4 Å². The second-order valence-electron chi connectivity index (χ2n) is 6.18. The van der Waals surface area contributed by atoms with Gasteiger partial charge in [0.15, 0.2) is 0 Å². The van der Waals surface area contributed by atoms with Crippen molar-refractivity contribution in [2.75, 3.05) is 12.3 Å². The van der Waals surface area contributed by atoms with Crippen molar-refractivity contribution < 1.29 is 4.79 Å². The molecule has 2 rings (SSSR count). The van der Waals surface area contributed by atoms with E-state index in [1.54, 1.807) is 12.1 Å². The molecule has 0 aromatic carbocycles. The molecular formula is C14H21N3O. The van der Waals surface area contributed by atoms with E-state index in [4.69, 9.17) is 5.73 Å². The van der Waals surface area contributed by atoms with Crippen molar-refractivity contribution in [3.05, 3.63) is 23.9 Å². The Morgan fingerprint density at radius 2 is 1.94 bits per heavy atom. The number of carbonyl (C=O) groups is 1. The number of amides is 1. The van der Waals surface area contributed by atoms with E-state index in [-0.39, 0.29) is 5.91 Å². The highest BCUT2D eigenvalue weighted by molar-refractivity contribution is 5.94. The number of hydrogen-bond acceptors (Lipinski definition) is 3. The van der Waals surface area contributed by atoms with Gasteiger partial charge >= 0.3 is 0 Å². The standard InChI is InChI=1S/C14H21N3O/c1-13(2)10(14(13,3)4)8-17-12(18)9-5-6-11(15)16-7-9/h5-7,10H,8H2,1-4H3,(H2,15,16)(H,17,18). The van der Waals surface area contributed by atoms with E-state index in [2.05, 4.69) is 38.0 Å². The maximum absolute atomic E-state index is 11.9. The van der Waals surface area contributed by atoms with Gasteiger partial charge in [-0.3, -0.25) is 4.79 Å². The molecule has 1 amide bonds. The number of nitrogens with two attached hydrogens (primary N) is 1. The first-order chi connectivity index (χ1) is 8.26. The van der Waals surface area contributed by atoms with Gasteiger partial charge in [0.2, 0.25) is 0 Å². The van der Waals surface area contributed by atoms with Gasteiger partial charge in [0.05, 0.1) is 5.56 Å². The quantitative estimate of drug-likeness (QED) is 0.859. The summed E-state index contributed by atoms with van der Waals surface area (Å²) in [5.41, 5.74) is 6.63. The van der Waals surface area contributed by atoms with E-state index >= 15 is 0 Å². The minimum Gasteiger partial charge on any atom is -0.384 e. The van der Waals surface area contributed by atoms with Gasteiger partial charge in [0.1, 0.15) is 5.82 Å². The maximum Gasteiger partial charge on any atom is 0.252 e. The zero-order valence-electron chi connectivity index (χ0n) is 11.4. The van der Waals surface area contributed by atoms with Crippen LogP contribution in [0.1, 0.15) is 38.1 Å². The SMILES string of the molecule is CC1(C)C(CNC(=O)c2ccc(N)nc2)C1(C)C. The van der Waals surface area contributed by atoms with Crippen molar-refractivity contribution in [2.24, 2.45) is 16.7 Å².